The SMILES string of the molecule is O=P(c1ccccc1)(c1ccccc1)C1CCCC2CCC=C(OS(=O)(=O)C(F)(F)C(F)(F)C(F)(F)C(F)(F)F)C21. The third-order valence-corrected chi connectivity index (χ3v) is 12.5. The van der Waals surface area contributed by atoms with E-state index in [0.29, 0.717) is 29.9 Å². The Balaban J connectivity index is 1.79. The molecule has 2 aromatic carbocycles. The lowest BCUT2D eigenvalue weighted by atomic mass is 9.73. The van der Waals surface area contributed by atoms with Crippen LogP contribution in [0.15, 0.2) is 72.5 Å². The van der Waals surface area contributed by atoms with Crippen molar-refractivity contribution in [3.8, 4) is 0 Å². The molecule has 4 rings (SSSR count). The Bertz CT molecular complexity index is 1380. The molecule has 0 N–H and O–H groups in total. The maximum atomic E-state index is 15.0. The highest BCUT2D eigenvalue weighted by atomic mass is 32.2. The van der Waals surface area contributed by atoms with E-state index < -0.39 is 63.8 Å². The predicted molar refractivity (Wildman–Crippen MR) is 133 cm³/mol. The van der Waals surface area contributed by atoms with Crippen molar-refractivity contribution in [1.29, 1.82) is 0 Å². The molecule has 2 aromatic rings. The second-order valence-electron chi connectivity index (χ2n) is 10.00. The third-order valence-electron chi connectivity index (χ3n) is 7.59. The summed E-state index contributed by atoms with van der Waals surface area (Å²) < 4.78 is 166. The first kappa shape index (κ1) is 31.5. The van der Waals surface area contributed by atoms with Gasteiger partial charge >= 0.3 is 33.4 Å². The summed E-state index contributed by atoms with van der Waals surface area (Å²) in [5, 5.41) is -6.31. The summed E-state index contributed by atoms with van der Waals surface area (Å²) >= 11 is 0. The summed E-state index contributed by atoms with van der Waals surface area (Å²) in [5.74, 6) is -17.4. The smallest absolute Gasteiger partial charge is 0.383 e. The fraction of sp³-hybridized carbons (Fsp3) is 0.462. The quantitative estimate of drug-likeness (QED) is 0.175. The van der Waals surface area contributed by atoms with Crippen LogP contribution in [0.2, 0.25) is 0 Å². The van der Waals surface area contributed by atoms with E-state index >= 15 is 4.57 Å². The van der Waals surface area contributed by atoms with Crippen LogP contribution < -0.4 is 10.6 Å². The van der Waals surface area contributed by atoms with Crippen LogP contribution in [0.4, 0.5) is 39.5 Å². The van der Waals surface area contributed by atoms with Gasteiger partial charge in [-0.1, -0.05) is 67.1 Å². The Labute approximate surface area is 230 Å². The van der Waals surface area contributed by atoms with Crippen molar-refractivity contribution < 1.29 is 56.7 Å². The highest BCUT2D eigenvalue weighted by molar-refractivity contribution is 7.88. The summed E-state index contributed by atoms with van der Waals surface area (Å²) in [7, 11) is -10.9. The minimum atomic E-state index is -7.42. The molecule has 0 radical (unpaired) electrons. The highest BCUT2D eigenvalue weighted by Crippen LogP contribution is 2.61. The number of rotatable bonds is 8. The molecular weight excluding hydrogens is 610 g/mol. The van der Waals surface area contributed by atoms with Gasteiger partial charge in [0.25, 0.3) is 0 Å². The van der Waals surface area contributed by atoms with Gasteiger partial charge in [0.05, 0.1) is 0 Å². The summed E-state index contributed by atoms with van der Waals surface area (Å²) in [6.07, 6.45) is -4.78. The van der Waals surface area contributed by atoms with E-state index in [4.69, 9.17) is 0 Å². The second kappa shape index (κ2) is 10.7. The van der Waals surface area contributed by atoms with Crippen LogP contribution >= 0.6 is 7.14 Å². The molecule has 2 aliphatic carbocycles. The molecule has 3 unspecified atom stereocenters. The minimum absolute atomic E-state index is 0.0143. The monoisotopic (exact) mass is 634 g/mol. The average molecular weight is 634 g/mol. The molecule has 3 atom stereocenters. The standard InChI is InChI=1S/C26H24F9O4PS/c27-23(28,25(31,32)33)24(29,30)26(34,35)41(37,38)39-20-15-7-9-17-10-8-16-21(22(17)20)40(36,18-11-3-1-4-12-18)19-13-5-2-6-14-19/h1-6,11-15,17,21-22H,7-10,16H2. The van der Waals surface area contributed by atoms with Crippen LogP contribution in [0, 0.1) is 11.8 Å². The molecule has 226 valence electrons. The van der Waals surface area contributed by atoms with Gasteiger partial charge in [-0.2, -0.15) is 47.9 Å². The van der Waals surface area contributed by atoms with Gasteiger partial charge in [-0.25, -0.2) is 0 Å². The first-order valence-corrected chi connectivity index (χ1v) is 15.6. The van der Waals surface area contributed by atoms with Gasteiger partial charge in [0.1, 0.15) is 12.9 Å². The van der Waals surface area contributed by atoms with Gasteiger partial charge in [0.15, 0.2) is 0 Å². The number of hydrogen-bond acceptors (Lipinski definition) is 4. The molecule has 0 heterocycles. The molecule has 0 saturated heterocycles. The van der Waals surface area contributed by atoms with E-state index in [1.807, 2.05) is 0 Å². The second-order valence-corrected chi connectivity index (χ2v) is 14.6. The lowest BCUT2D eigenvalue weighted by Crippen LogP contribution is -2.63. The van der Waals surface area contributed by atoms with Gasteiger partial charge in [-0.05, 0) is 37.7 Å². The fourth-order valence-electron chi connectivity index (χ4n) is 5.61. The molecule has 4 nitrogen and oxygen atoms in total. The molecule has 1 fully saturated rings. The van der Waals surface area contributed by atoms with Gasteiger partial charge in [0.2, 0.25) is 0 Å². The van der Waals surface area contributed by atoms with Crippen molar-refractivity contribution >= 4 is 27.9 Å². The van der Waals surface area contributed by atoms with Gasteiger partial charge < -0.3 is 8.75 Å². The predicted octanol–water partition coefficient (Wildman–Crippen LogP) is 7.24. The number of alkyl halides is 9. The van der Waals surface area contributed by atoms with E-state index in [1.165, 1.54) is 0 Å². The summed E-state index contributed by atoms with van der Waals surface area (Å²) in [6.45, 7) is 0. The van der Waals surface area contributed by atoms with Crippen molar-refractivity contribution in [1.82, 2.24) is 0 Å². The van der Waals surface area contributed by atoms with Crippen LogP contribution in [0.25, 0.3) is 0 Å². The van der Waals surface area contributed by atoms with Crippen molar-refractivity contribution in [3.05, 3.63) is 72.5 Å². The van der Waals surface area contributed by atoms with Crippen LogP contribution in [0.1, 0.15) is 32.1 Å². The number of benzene rings is 2. The van der Waals surface area contributed by atoms with Gasteiger partial charge in [0, 0.05) is 22.2 Å². The van der Waals surface area contributed by atoms with Crippen molar-refractivity contribution in [3.63, 3.8) is 0 Å². The zero-order valence-electron chi connectivity index (χ0n) is 21.0. The molecule has 1 saturated carbocycles. The Morgan fingerprint density at radius 1 is 0.732 bits per heavy atom. The molecule has 15 heteroatoms. The maximum absolute atomic E-state index is 15.0. The Morgan fingerprint density at radius 3 is 1.73 bits per heavy atom. The Morgan fingerprint density at radius 2 is 1.24 bits per heavy atom. The first-order chi connectivity index (χ1) is 18.9. The van der Waals surface area contributed by atoms with E-state index in [9.17, 15) is 47.9 Å². The molecule has 41 heavy (non-hydrogen) atoms. The van der Waals surface area contributed by atoms with Crippen molar-refractivity contribution in [2.45, 2.75) is 61.0 Å². The molecule has 0 spiro atoms. The summed E-state index contributed by atoms with van der Waals surface area (Å²) in [5.41, 5.74) is -0.987. The summed E-state index contributed by atoms with van der Waals surface area (Å²) in [6, 6.07) is 16.0. The molecular formula is C26H24F9O4PS. The largest absolute Gasteiger partial charge is 0.460 e. The van der Waals surface area contributed by atoms with E-state index in [0.717, 1.165) is 6.08 Å². The van der Waals surface area contributed by atoms with E-state index in [1.54, 1.807) is 60.7 Å². The van der Waals surface area contributed by atoms with Crippen molar-refractivity contribution in [2.24, 2.45) is 11.8 Å². The highest BCUT2D eigenvalue weighted by Gasteiger charge is 2.86. The number of allylic oxidation sites excluding steroid dienone is 2. The maximum Gasteiger partial charge on any atom is 0.460 e. The zero-order valence-corrected chi connectivity index (χ0v) is 22.7. The molecule has 0 bridgehead atoms. The number of hydrogen-bond donors (Lipinski definition) is 0. The van der Waals surface area contributed by atoms with E-state index in [2.05, 4.69) is 4.18 Å². The van der Waals surface area contributed by atoms with Gasteiger partial charge in [-0.3, -0.25) is 0 Å². The van der Waals surface area contributed by atoms with Crippen molar-refractivity contribution in [2.75, 3.05) is 0 Å². The lowest BCUT2D eigenvalue weighted by molar-refractivity contribution is -0.382. The Hall–Kier alpha value is -2.47. The number of halogens is 9. The average Bonchev–Trinajstić information content (AvgIpc) is 2.92. The fourth-order valence-corrected chi connectivity index (χ4v) is 10.3. The topological polar surface area (TPSA) is 60.4 Å². The Kier molecular flexibility index (Phi) is 8.18. The summed E-state index contributed by atoms with van der Waals surface area (Å²) in [4.78, 5) is 0. The molecule has 0 aliphatic heterocycles. The van der Waals surface area contributed by atoms with Gasteiger partial charge in [-0.15, -0.1) is 0 Å². The normalized spacial score (nSPS) is 23.0. The van der Waals surface area contributed by atoms with Crippen LogP contribution in [0.3, 0.4) is 0 Å². The number of fused-ring (bicyclic) bond motifs is 1. The molecule has 0 aromatic heterocycles. The van der Waals surface area contributed by atoms with Crippen LogP contribution in [-0.4, -0.2) is 37.4 Å². The third kappa shape index (κ3) is 5.08. The zero-order chi connectivity index (χ0) is 30.5. The lowest BCUT2D eigenvalue weighted by Gasteiger charge is -2.44. The molecule has 0 amide bonds. The minimum Gasteiger partial charge on any atom is -0.383 e. The van der Waals surface area contributed by atoms with Crippen LogP contribution in [0.5, 0.6) is 0 Å². The van der Waals surface area contributed by atoms with Crippen LogP contribution in [-0.2, 0) is 18.9 Å². The molecule has 2 aliphatic rings. The van der Waals surface area contributed by atoms with E-state index in [-0.39, 0.29) is 12.8 Å². The first-order valence-electron chi connectivity index (χ1n) is 12.4.